The fourth-order valence-corrected chi connectivity index (χ4v) is 0.479. The van der Waals surface area contributed by atoms with Gasteiger partial charge in [0.25, 0.3) is 0 Å². The number of carboxylic acids is 2. The molecule has 0 spiro atoms. The van der Waals surface area contributed by atoms with Crippen LogP contribution in [0.25, 0.3) is 0 Å². The van der Waals surface area contributed by atoms with E-state index in [-0.39, 0.29) is 6.42 Å². The maximum absolute atomic E-state index is 10.4. The normalized spacial score (nSPS) is 10.8. The third-order valence-corrected chi connectivity index (χ3v) is 1.03. The van der Waals surface area contributed by atoms with E-state index in [1.54, 1.807) is 0 Å². The Labute approximate surface area is 74.0 Å². The van der Waals surface area contributed by atoms with Crippen molar-refractivity contribution >= 4 is 17.7 Å². The number of ketones is 1. The molecule has 0 rings (SSSR count). The lowest BCUT2D eigenvalue weighted by Crippen LogP contribution is -2.10. The molecule has 0 unspecified atom stereocenters. The molecular weight excluding hydrogens is 176 g/mol. The average molecular weight is 184 g/mol. The average Bonchev–Trinajstić information content (AvgIpc) is 2.02. The highest BCUT2D eigenvalue weighted by molar-refractivity contribution is 6.33. The van der Waals surface area contributed by atoms with Crippen LogP contribution in [0.1, 0.15) is 6.42 Å². The van der Waals surface area contributed by atoms with Crippen LogP contribution in [0.2, 0.25) is 0 Å². The molecule has 5 nitrogen and oxygen atoms in total. The van der Waals surface area contributed by atoms with E-state index in [1.807, 2.05) is 0 Å². The molecule has 0 heterocycles. The molecule has 5 heteroatoms. The van der Waals surface area contributed by atoms with Crippen LogP contribution >= 0.6 is 0 Å². The fourth-order valence-electron chi connectivity index (χ4n) is 0.479. The minimum absolute atomic E-state index is 0.237. The lowest BCUT2D eigenvalue weighted by Gasteiger charge is -1.84. The molecule has 0 atom stereocenters. The van der Waals surface area contributed by atoms with Gasteiger partial charge in [-0.3, -0.25) is 4.79 Å². The first-order valence-corrected chi connectivity index (χ1v) is 3.36. The number of Topliss-reactive ketones (excluding diaryl/α,β-unsaturated/α-hetero) is 1. The number of hydrogen-bond acceptors (Lipinski definition) is 3. The van der Waals surface area contributed by atoms with Crippen LogP contribution in [0, 0.1) is 0 Å². The van der Waals surface area contributed by atoms with E-state index >= 15 is 0 Å². The van der Waals surface area contributed by atoms with E-state index in [4.69, 9.17) is 10.2 Å². The van der Waals surface area contributed by atoms with Gasteiger partial charge in [-0.25, -0.2) is 9.59 Å². The largest absolute Gasteiger partial charge is 0.478 e. The van der Waals surface area contributed by atoms with Crippen LogP contribution < -0.4 is 0 Å². The second kappa shape index (κ2) is 5.70. The highest BCUT2D eigenvalue weighted by Crippen LogP contribution is 1.87. The summed E-state index contributed by atoms with van der Waals surface area (Å²) in [6.07, 6.45) is 4.42. The molecule has 70 valence electrons. The monoisotopic (exact) mass is 184 g/mol. The highest BCUT2D eigenvalue weighted by atomic mass is 16.4. The minimum atomic E-state index is -1.49. The summed E-state index contributed by atoms with van der Waals surface area (Å²) < 4.78 is 0. The molecule has 13 heavy (non-hydrogen) atoms. The second-order valence-corrected chi connectivity index (χ2v) is 2.06. The number of allylic oxidation sites excluding steroid dienone is 3. The molecule has 0 fully saturated rings. The SMILES string of the molecule is O=C(O)C=CC=CCC(=O)C(=O)O. The Bertz CT molecular complexity index is 274. The third-order valence-electron chi connectivity index (χ3n) is 1.03. The zero-order valence-electron chi connectivity index (χ0n) is 6.64. The zero-order chi connectivity index (χ0) is 10.3. The first-order chi connectivity index (χ1) is 6.04. The predicted octanol–water partition coefficient (Wildman–Crippen LogP) is 0.227. The first-order valence-electron chi connectivity index (χ1n) is 3.36. The van der Waals surface area contributed by atoms with Gasteiger partial charge >= 0.3 is 11.9 Å². The van der Waals surface area contributed by atoms with Crippen LogP contribution in [0.4, 0.5) is 0 Å². The molecule has 0 aliphatic heterocycles. The van der Waals surface area contributed by atoms with E-state index in [0.29, 0.717) is 0 Å². The fraction of sp³-hybridized carbons (Fsp3) is 0.125. The van der Waals surface area contributed by atoms with Crippen molar-refractivity contribution < 1.29 is 24.6 Å². The van der Waals surface area contributed by atoms with Crippen molar-refractivity contribution in [2.75, 3.05) is 0 Å². The molecule has 0 bridgehead atoms. The summed E-state index contributed by atoms with van der Waals surface area (Å²) in [4.78, 5) is 30.3. The predicted molar refractivity (Wildman–Crippen MR) is 43.2 cm³/mol. The van der Waals surface area contributed by atoms with E-state index in [2.05, 4.69) is 0 Å². The molecule has 0 saturated heterocycles. The number of aliphatic carboxylic acids is 2. The van der Waals surface area contributed by atoms with Crippen molar-refractivity contribution in [3.05, 3.63) is 24.3 Å². The summed E-state index contributed by atoms with van der Waals surface area (Å²) in [6.45, 7) is 0. The van der Waals surface area contributed by atoms with Gasteiger partial charge in [0.05, 0.1) is 0 Å². The maximum Gasteiger partial charge on any atom is 0.372 e. The van der Waals surface area contributed by atoms with E-state index in [9.17, 15) is 14.4 Å². The van der Waals surface area contributed by atoms with Crippen molar-refractivity contribution in [2.24, 2.45) is 0 Å². The molecule has 0 aromatic carbocycles. The third kappa shape index (κ3) is 6.49. The van der Waals surface area contributed by atoms with Gasteiger partial charge in [-0.05, 0) is 0 Å². The Balaban J connectivity index is 3.83. The zero-order valence-corrected chi connectivity index (χ0v) is 6.64. The van der Waals surface area contributed by atoms with Gasteiger partial charge < -0.3 is 10.2 Å². The van der Waals surface area contributed by atoms with Crippen LogP contribution in [0.5, 0.6) is 0 Å². The number of carbonyl (C=O) groups is 3. The van der Waals surface area contributed by atoms with Gasteiger partial charge in [0.1, 0.15) is 0 Å². The van der Waals surface area contributed by atoms with Crippen molar-refractivity contribution in [2.45, 2.75) is 6.42 Å². The summed E-state index contributed by atoms with van der Waals surface area (Å²) in [7, 11) is 0. The molecule has 0 amide bonds. The Hall–Kier alpha value is -1.91. The Kier molecular flexibility index (Phi) is 4.87. The molecule has 0 radical (unpaired) electrons. The van der Waals surface area contributed by atoms with Gasteiger partial charge in [0.15, 0.2) is 0 Å². The Morgan fingerprint density at radius 2 is 1.69 bits per heavy atom. The summed E-state index contributed by atoms with van der Waals surface area (Å²) in [6, 6.07) is 0. The molecule has 0 aromatic rings. The number of hydrogen-bond donors (Lipinski definition) is 2. The summed E-state index contributed by atoms with van der Waals surface area (Å²) in [5, 5.41) is 16.3. The summed E-state index contributed by atoms with van der Waals surface area (Å²) in [5.74, 6) is -3.53. The Morgan fingerprint density at radius 3 is 2.15 bits per heavy atom. The van der Waals surface area contributed by atoms with Gasteiger partial charge in [0.2, 0.25) is 5.78 Å². The smallest absolute Gasteiger partial charge is 0.372 e. The van der Waals surface area contributed by atoms with Gasteiger partial charge in [0, 0.05) is 12.5 Å². The molecule has 0 saturated carbocycles. The summed E-state index contributed by atoms with van der Waals surface area (Å²) in [5.41, 5.74) is 0. The highest BCUT2D eigenvalue weighted by Gasteiger charge is 2.07. The molecule has 0 aliphatic carbocycles. The lowest BCUT2D eigenvalue weighted by molar-refractivity contribution is -0.148. The summed E-state index contributed by atoms with van der Waals surface area (Å²) >= 11 is 0. The number of carbonyl (C=O) groups excluding carboxylic acids is 1. The Morgan fingerprint density at radius 1 is 1.08 bits per heavy atom. The van der Waals surface area contributed by atoms with E-state index < -0.39 is 17.7 Å². The van der Waals surface area contributed by atoms with Gasteiger partial charge in [-0.2, -0.15) is 0 Å². The van der Waals surface area contributed by atoms with Crippen molar-refractivity contribution in [3.8, 4) is 0 Å². The standard InChI is InChI=1S/C8H8O5/c9-6(8(12)13)4-2-1-3-5-7(10)11/h1-3,5H,4H2,(H,10,11)(H,12,13). The van der Waals surface area contributed by atoms with Crippen molar-refractivity contribution in [1.29, 1.82) is 0 Å². The molecule has 2 N–H and O–H groups in total. The van der Waals surface area contributed by atoms with Crippen LogP contribution in [0.15, 0.2) is 24.3 Å². The second-order valence-electron chi connectivity index (χ2n) is 2.06. The van der Waals surface area contributed by atoms with Gasteiger partial charge in [-0.1, -0.05) is 18.2 Å². The quantitative estimate of drug-likeness (QED) is 0.362. The van der Waals surface area contributed by atoms with Crippen LogP contribution in [0.3, 0.4) is 0 Å². The number of carboxylic acid groups (broad SMARTS) is 2. The molecule has 0 aliphatic rings. The van der Waals surface area contributed by atoms with E-state index in [1.165, 1.54) is 18.2 Å². The lowest BCUT2D eigenvalue weighted by atomic mass is 10.2. The first kappa shape index (κ1) is 11.1. The maximum atomic E-state index is 10.4. The van der Waals surface area contributed by atoms with E-state index in [0.717, 1.165) is 6.08 Å². The van der Waals surface area contributed by atoms with Crippen molar-refractivity contribution in [3.63, 3.8) is 0 Å². The molecular formula is C8H8O5. The van der Waals surface area contributed by atoms with Crippen LogP contribution in [-0.4, -0.2) is 27.9 Å². The minimum Gasteiger partial charge on any atom is -0.478 e. The topological polar surface area (TPSA) is 91.7 Å². The molecule has 0 aromatic heterocycles. The van der Waals surface area contributed by atoms with Gasteiger partial charge in [-0.15, -0.1) is 0 Å². The van der Waals surface area contributed by atoms with Crippen molar-refractivity contribution in [1.82, 2.24) is 0 Å². The number of rotatable bonds is 5. The van der Waals surface area contributed by atoms with Crippen LogP contribution in [-0.2, 0) is 14.4 Å².